The van der Waals surface area contributed by atoms with Gasteiger partial charge in [-0.15, -0.1) is 0 Å². The maximum atomic E-state index is 12.6. The number of hydrogen-bond donors (Lipinski definition) is 1. The standard InChI is InChI=1S/C18H19N5O2/c1-13-17(10-20-23(13)15-5-3-2-4-6-15)18(24)21-14-9-19-22(11-14)16-7-8-25-12-16/h2-6,9-11,16H,7-8,12H2,1H3,(H,21,24). The number of aromatic nitrogens is 4. The van der Waals surface area contributed by atoms with Gasteiger partial charge in [0.25, 0.3) is 5.91 Å². The van der Waals surface area contributed by atoms with E-state index in [1.54, 1.807) is 17.1 Å². The molecule has 128 valence electrons. The number of rotatable bonds is 4. The van der Waals surface area contributed by atoms with Gasteiger partial charge in [-0.3, -0.25) is 9.48 Å². The molecule has 1 amide bonds. The zero-order valence-electron chi connectivity index (χ0n) is 13.9. The third-order valence-electron chi connectivity index (χ3n) is 4.39. The summed E-state index contributed by atoms with van der Waals surface area (Å²) in [5.41, 5.74) is 2.93. The van der Waals surface area contributed by atoms with Crippen LogP contribution in [-0.4, -0.2) is 38.7 Å². The van der Waals surface area contributed by atoms with E-state index in [2.05, 4.69) is 15.5 Å². The molecule has 1 fully saturated rings. The molecule has 7 nitrogen and oxygen atoms in total. The number of anilines is 1. The second kappa shape index (κ2) is 6.52. The van der Waals surface area contributed by atoms with E-state index in [9.17, 15) is 4.79 Å². The fraction of sp³-hybridized carbons (Fsp3) is 0.278. The lowest BCUT2D eigenvalue weighted by Crippen LogP contribution is -2.13. The maximum absolute atomic E-state index is 12.6. The smallest absolute Gasteiger partial charge is 0.259 e. The number of carbonyl (C=O) groups is 1. The molecule has 1 N–H and O–H groups in total. The monoisotopic (exact) mass is 337 g/mol. The van der Waals surface area contributed by atoms with Crippen molar-refractivity contribution in [2.24, 2.45) is 0 Å². The summed E-state index contributed by atoms with van der Waals surface area (Å²) >= 11 is 0. The zero-order chi connectivity index (χ0) is 17.2. The SMILES string of the molecule is Cc1c(C(=O)Nc2cnn(C3CCOC3)c2)cnn1-c1ccccc1. The maximum Gasteiger partial charge on any atom is 0.259 e. The molecule has 1 aliphatic heterocycles. The summed E-state index contributed by atoms with van der Waals surface area (Å²) in [4.78, 5) is 12.6. The van der Waals surface area contributed by atoms with E-state index < -0.39 is 0 Å². The summed E-state index contributed by atoms with van der Waals surface area (Å²) in [6.45, 7) is 3.30. The first-order valence-electron chi connectivity index (χ1n) is 8.25. The van der Waals surface area contributed by atoms with Crippen molar-refractivity contribution in [3.05, 3.63) is 60.2 Å². The van der Waals surface area contributed by atoms with E-state index in [0.717, 1.165) is 24.4 Å². The molecule has 0 radical (unpaired) electrons. The van der Waals surface area contributed by atoms with Crippen molar-refractivity contribution in [2.45, 2.75) is 19.4 Å². The average molecular weight is 337 g/mol. The highest BCUT2D eigenvalue weighted by Crippen LogP contribution is 2.20. The summed E-state index contributed by atoms with van der Waals surface area (Å²) in [7, 11) is 0. The molecule has 1 unspecified atom stereocenters. The van der Waals surface area contributed by atoms with Crippen LogP contribution >= 0.6 is 0 Å². The van der Waals surface area contributed by atoms with Gasteiger partial charge < -0.3 is 10.1 Å². The Morgan fingerprint density at radius 3 is 2.84 bits per heavy atom. The first-order valence-corrected chi connectivity index (χ1v) is 8.25. The summed E-state index contributed by atoms with van der Waals surface area (Å²) in [6.07, 6.45) is 6.03. The Morgan fingerprint density at radius 1 is 1.24 bits per heavy atom. The first kappa shape index (κ1) is 15.6. The topological polar surface area (TPSA) is 74.0 Å². The van der Waals surface area contributed by atoms with Crippen LogP contribution in [0.1, 0.15) is 28.5 Å². The van der Waals surface area contributed by atoms with Crippen LogP contribution in [0.15, 0.2) is 48.9 Å². The highest BCUT2D eigenvalue weighted by Gasteiger charge is 2.20. The van der Waals surface area contributed by atoms with Gasteiger partial charge in [0.15, 0.2) is 0 Å². The third-order valence-corrected chi connectivity index (χ3v) is 4.39. The van der Waals surface area contributed by atoms with Crippen LogP contribution in [0.25, 0.3) is 5.69 Å². The van der Waals surface area contributed by atoms with E-state index >= 15 is 0 Å². The molecule has 0 spiro atoms. The molecule has 2 aromatic heterocycles. The van der Waals surface area contributed by atoms with Crippen LogP contribution < -0.4 is 5.32 Å². The van der Waals surface area contributed by atoms with Crippen LogP contribution in [0, 0.1) is 6.92 Å². The van der Waals surface area contributed by atoms with Gasteiger partial charge in [0.05, 0.1) is 47.7 Å². The van der Waals surface area contributed by atoms with E-state index in [1.165, 1.54) is 0 Å². The Kier molecular flexibility index (Phi) is 4.07. The minimum atomic E-state index is -0.193. The zero-order valence-corrected chi connectivity index (χ0v) is 13.9. The van der Waals surface area contributed by atoms with Gasteiger partial charge in [-0.2, -0.15) is 10.2 Å². The molecule has 1 aliphatic rings. The number of benzene rings is 1. The van der Waals surface area contributed by atoms with Crippen LogP contribution in [0.5, 0.6) is 0 Å². The molecule has 25 heavy (non-hydrogen) atoms. The summed E-state index contributed by atoms with van der Waals surface area (Å²) < 4.78 is 8.98. The third kappa shape index (κ3) is 3.06. The Balaban J connectivity index is 1.51. The van der Waals surface area contributed by atoms with Crippen molar-refractivity contribution < 1.29 is 9.53 Å². The highest BCUT2D eigenvalue weighted by atomic mass is 16.5. The number of hydrogen-bond acceptors (Lipinski definition) is 4. The summed E-state index contributed by atoms with van der Waals surface area (Å²) in [5, 5.41) is 11.5. The fourth-order valence-electron chi connectivity index (χ4n) is 2.99. The number of carbonyl (C=O) groups excluding carboxylic acids is 1. The molecule has 3 aromatic rings. The highest BCUT2D eigenvalue weighted by molar-refractivity contribution is 6.04. The minimum absolute atomic E-state index is 0.193. The van der Waals surface area contributed by atoms with Crippen molar-refractivity contribution >= 4 is 11.6 Å². The largest absolute Gasteiger partial charge is 0.379 e. The van der Waals surface area contributed by atoms with Crippen LogP contribution in [0.2, 0.25) is 0 Å². The minimum Gasteiger partial charge on any atom is -0.379 e. The number of para-hydroxylation sites is 1. The predicted octanol–water partition coefficient (Wildman–Crippen LogP) is 2.59. The van der Waals surface area contributed by atoms with Gasteiger partial charge in [-0.1, -0.05) is 18.2 Å². The summed E-state index contributed by atoms with van der Waals surface area (Å²) in [6, 6.07) is 9.98. The molecule has 1 atom stereocenters. The molecule has 7 heteroatoms. The van der Waals surface area contributed by atoms with E-state index in [-0.39, 0.29) is 11.9 Å². The van der Waals surface area contributed by atoms with Crippen LogP contribution in [-0.2, 0) is 4.74 Å². The van der Waals surface area contributed by atoms with Gasteiger partial charge in [0, 0.05) is 12.8 Å². The van der Waals surface area contributed by atoms with Crippen LogP contribution in [0.3, 0.4) is 0 Å². The van der Waals surface area contributed by atoms with Crippen molar-refractivity contribution in [1.82, 2.24) is 19.6 Å². The van der Waals surface area contributed by atoms with Gasteiger partial charge in [0.2, 0.25) is 0 Å². The van der Waals surface area contributed by atoms with Gasteiger partial charge in [0.1, 0.15) is 0 Å². The fourth-order valence-corrected chi connectivity index (χ4v) is 2.99. The van der Waals surface area contributed by atoms with Crippen molar-refractivity contribution in [3.63, 3.8) is 0 Å². The Morgan fingerprint density at radius 2 is 2.08 bits per heavy atom. The normalized spacial score (nSPS) is 16.9. The van der Waals surface area contributed by atoms with E-state index in [1.807, 2.05) is 48.1 Å². The van der Waals surface area contributed by atoms with E-state index in [4.69, 9.17) is 4.74 Å². The second-order valence-corrected chi connectivity index (χ2v) is 6.07. The van der Waals surface area contributed by atoms with Gasteiger partial charge in [-0.05, 0) is 25.5 Å². The average Bonchev–Trinajstić information content (AvgIpc) is 3.35. The molecular formula is C18H19N5O2. The van der Waals surface area contributed by atoms with Gasteiger partial charge >= 0.3 is 0 Å². The van der Waals surface area contributed by atoms with Crippen LogP contribution in [0.4, 0.5) is 5.69 Å². The molecule has 1 saturated heterocycles. The first-order chi connectivity index (χ1) is 12.2. The quantitative estimate of drug-likeness (QED) is 0.794. The molecule has 0 saturated carbocycles. The molecule has 0 bridgehead atoms. The van der Waals surface area contributed by atoms with Crippen molar-refractivity contribution in [3.8, 4) is 5.69 Å². The van der Waals surface area contributed by atoms with Crippen molar-refractivity contribution in [1.29, 1.82) is 0 Å². The number of ether oxygens (including phenoxy) is 1. The summed E-state index contributed by atoms with van der Waals surface area (Å²) in [5.74, 6) is -0.193. The molecular weight excluding hydrogens is 318 g/mol. The lowest BCUT2D eigenvalue weighted by atomic mass is 10.2. The molecule has 4 rings (SSSR count). The number of nitrogens with zero attached hydrogens (tertiary/aromatic N) is 4. The van der Waals surface area contributed by atoms with Gasteiger partial charge in [-0.25, -0.2) is 4.68 Å². The Hall–Kier alpha value is -2.93. The predicted molar refractivity (Wildman–Crippen MR) is 93.0 cm³/mol. The lowest BCUT2D eigenvalue weighted by molar-refractivity contribution is 0.102. The molecule has 1 aromatic carbocycles. The lowest BCUT2D eigenvalue weighted by Gasteiger charge is -2.07. The molecule has 3 heterocycles. The van der Waals surface area contributed by atoms with E-state index in [0.29, 0.717) is 17.9 Å². The Bertz CT molecular complexity index is 878. The molecule has 0 aliphatic carbocycles. The number of nitrogens with one attached hydrogen (secondary N) is 1. The number of amides is 1. The Labute approximate surface area is 145 Å². The second-order valence-electron chi connectivity index (χ2n) is 6.07. The van der Waals surface area contributed by atoms with Crippen molar-refractivity contribution in [2.75, 3.05) is 18.5 Å².